The Balaban J connectivity index is 0. The third kappa shape index (κ3) is 7.63. The molecular weight excluding hydrogens is 219 g/mol. The first-order valence-electron chi connectivity index (χ1n) is 5.61. The average molecular weight is 242 g/mol. The third-order valence-corrected chi connectivity index (χ3v) is 2.42. The predicted molar refractivity (Wildman–Crippen MR) is 64.5 cm³/mol. The summed E-state index contributed by atoms with van der Waals surface area (Å²) in [4.78, 5) is 11.6. The van der Waals surface area contributed by atoms with E-state index in [1.54, 1.807) is 0 Å². The molecule has 0 bridgehead atoms. The second-order valence-electron chi connectivity index (χ2n) is 3.67. The second-order valence-corrected chi connectivity index (χ2v) is 3.67. The first-order chi connectivity index (χ1) is 7.19. The summed E-state index contributed by atoms with van der Waals surface area (Å²) in [5.41, 5.74) is 0. The van der Waals surface area contributed by atoms with Gasteiger partial charge < -0.3 is 14.9 Å². The minimum atomic E-state index is -0.770. The van der Waals surface area contributed by atoms with E-state index in [4.69, 9.17) is 14.9 Å². The molecule has 0 aliphatic heterocycles. The molecule has 0 heterocycles. The van der Waals surface area contributed by atoms with E-state index in [-0.39, 0.29) is 54.7 Å². The predicted octanol–water partition coefficient (Wildman–Crippen LogP) is 0.451. The maximum absolute atomic E-state index is 11.6. The fourth-order valence-corrected chi connectivity index (χ4v) is 1.33. The summed E-state index contributed by atoms with van der Waals surface area (Å²) in [6, 6.07) is 0. The SMILES string of the molecule is CCCCC(CC)C(=O)OC(CO)CO.[NaH]. The first kappa shape index (κ1) is 18.7. The molecule has 1 unspecified atom stereocenters. The van der Waals surface area contributed by atoms with E-state index < -0.39 is 6.10 Å². The van der Waals surface area contributed by atoms with Crippen molar-refractivity contribution in [3.63, 3.8) is 0 Å². The van der Waals surface area contributed by atoms with E-state index in [1.165, 1.54) is 0 Å². The molecule has 5 heteroatoms. The van der Waals surface area contributed by atoms with Crippen LogP contribution in [0.3, 0.4) is 0 Å². The molecule has 4 nitrogen and oxygen atoms in total. The van der Waals surface area contributed by atoms with Gasteiger partial charge in [0.2, 0.25) is 0 Å². The molecule has 0 aromatic carbocycles. The molecule has 0 aliphatic carbocycles. The van der Waals surface area contributed by atoms with Gasteiger partial charge in [-0.15, -0.1) is 0 Å². The van der Waals surface area contributed by atoms with Crippen LogP contribution in [0.5, 0.6) is 0 Å². The molecule has 0 aromatic heterocycles. The fourth-order valence-electron chi connectivity index (χ4n) is 1.33. The summed E-state index contributed by atoms with van der Waals surface area (Å²) in [5, 5.41) is 17.5. The first-order valence-corrected chi connectivity index (χ1v) is 5.61. The van der Waals surface area contributed by atoms with Gasteiger partial charge in [-0.1, -0.05) is 26.7 Å². The van der Waals surface area contributed by atoms with E-state index in [2.05, 4.69) is 6.92 Å². The number of hydrogen-bond donors (Lipinski definition) is 2. The summed E-state index contributed by atoms with van der Waals surface area (Å²) in [6.45, 7) is 3.36. The van der Waals surface area contributed by atoms with Gasteiger partial charge in [-0.2, -0.15) is 0 Å². The number of rotatable bonds is 8. The number of carbonyl (C=O) groups is 1. The van der Waals surface area contributed by atoms with Crippen molar-refractivity contribution in [1.82, 2.24) is 0 Å². The van der Waals surface area contributed by atoms with Gasteiger partial charge in [0.1, 0.15) is 6.10 Å². The zero-order valence-corrected chi connectivity index (χ0v) is 9.61. The van der Waals surface area contributed by atoms with Gasteiger partial charge in [0.25, 0.3) is 0 Å². The number of carbonyl (C=O) groups excluding carboxylic acids is 1. The molecule has 0 fully saturated rings. The molecule has 0 saturated heterocycles. The molecule has 0 saturated carbocycles. The van der Waals surface area contributed by atoms with Crippen LogP contribution in [0.15, 0.2) is 0 Å². The minimum absolute atomic E-state index is 0. The quantitative estimate of drug-likeness (QED) is 0.479. The van der Waals surface area contributed by atoms with Gasteiger partial charge >= 0.3 is 35.5 Å². The van der Waals surface area contributed by atoms with Crippen LogP contribution in [0.4, 0.5) is 0 Å². The van der Waals surface area contributed by atoms with Crippen molar-refractivity contribution in [2.24, 2.45) is 5.92 Å². The molecule has 0 radical (unpaired) electrons. The summed E-state index contributed by atoms with van der Waals surface area (Å²) in [7, 11) is 0. The zero-order chi connectivity index (χ0) is 11.7. The van der Waals surface area contributed by atoms with Gasteiger partial charge in [-0.05, 0) is 12.8 Å². The Morgan fingerprint density at radius 3 is 2.19 bits per heavy atom. The van der Waals surface area contributed by atoms with Crippen LogP contribution in [-0.4, -0.2) is 65.1 Å². The number of aliphatic hydroxyl groups is 2. The van der Waals surface area contributed by atoms with Crippen LogP contribution in [-0.2, 0) is 9.53 Å². The Morgan fingerprint density at radius 2 is 1.81 bits per heavy atom. The van der Waals surface area contributed by atoms with Crippen LogP contribution in [0.25, 0.3) is 0 Å². The number of esters is 1. The molecule has 16 heavy (non-hydrogen) atoms. The van der Waals surface area contributed by atoms with Crippen molar-refractivity contribution in [2.75, 3.05) is 13.2 Å². The van der Waals surface area contributed by atoms with Crippen LogP contribution in [0.2, 0.25) is 0 Å². The molecule has 92 valence electrons. The van der Waals surface area contributed by atoms with Crippen molar-refractivity contribution in [2.45, 2.75) is 45.6 Å². The van der Waals surface area contributed by atoms with Crippen molar-refractivity contribution >= 4 is 35.5 Å². The Labute approximate surface area is 120 Å². The molecule has 0 aromatic rings. The molecule has 0 spiro atoms. The third-order valence-electron chi connectivity index (χ3n) is 2.42. The van der Waals surface area contributed by atoms with Gasteiger partial charge in [0.15, 0.2) is 0 Å². The molecular formula is C11H23NaO4. The van der Waals surface area contributed by atoms with Gasteiger partial charge in [-0.25, -0.2) is 0 Å². The number of hydrogen-bond acceptors (Lipinski definition) is 4. The van der Waals surface area contributed by atoms with Crippen LogP contribution >= 0.6 is 0 Å². The van der Waals surface area contributed by atoms with E-state index in [1.807, 2.05) is 6.92 Å². The number of aliphatic hydroxyl groups excluding tert-OH is 2. The Bertz CT molecular complexity index is 171. The summed E-state index contributed by atoms with van der Waals surface area (Å²) >= 11 is 0. The molecule has 0 amide bonds. The summed E-state index contributed by atoms with van der Waals surface area (Å²) < 4.78 is 4.96. The van der Waals surface area contributed by atoms with Crippen molar-refractivity contribution < 1.29 is 19.7 Å². The van der Waals surface area contributed by atoms with Crippen molar-refractivity contribution in [1.29, 1.82) is 0 Å². The second kappa shape index (κ2) is 11.9. The van der Waals surface area contributed by atoms with Gasteiger partial charge in [-0.3, -0.25) is 4.79 Å². The van der Waals surface area contributed by atoms with Crippen LogP contribution in [0, 0.1) is 5.92 Å². The van der Waals surface area contributed by atoms with E-state index >= 15 is 0 Å². The number of unbranched alkanes of at least 4 members (excludes halogenated alkanes) is 1. The molecule has 0 rings (SSSR count). The summed E-state index contributed by atoms with van der Waals surface area (Å²) in [6.07, 6.45) is 2.83. The van der Waals surface area contributed by atoms with Gasteiger partial charge in [0, 0.05) is 0 Å². The molecule has 0 aliphatic rings. The monoisotopic (exact) mass is 242 g/mol. The Morgan fingerprint density at radius 1 is 1.25 bits per heavy atom. The average Bonchev–Trinajstić information content (AvgIpc) is 2.26. The normalized spacial score (nSPS) is 12.1. The number of ether oxygens (including phenoxy) is 1. The van der Waals surface area contributed by atoms with E-state index in [0.717, 1.165) is 25.7 Å². The Hall–Kier alpha value is 0.390. The van der Waals surface area contributed by atoms with E-state index in [9.17, 15) is 4.79 Å². The maximum atomic E-state index is 11.6. The topological polar surface area (TPSA) is 66.8 Å². The Kier molecular flexibility index (Phi) is 13.9. The fraction of sp³-hybridized carbons (Fsp3) is 0.909. The van der Waals surface area contributed by atoms with E-state index in [0.29, 0.717) is 0 Å². The summed E-state index contributed by atoms with van der Waals surface area (Å²) in [5.74, 6) is -0.412. The molecule has 1 atom stereocenters. The zero-order valence-electron chi connectivity index (χ0n) is 9.61. The van der Waals surface area contributed by atoms with Gasteiger partial charge in [0.05, 0.1) is 19.1 Å². The molecule has 2 N–H and O–H groups in total. The van der Waals surface area contributed by atoms with Crippen LogP contribution in [0.1, 0.15) is 39.5 Å². The van der Waals surface area contributed by atoms with Crippen molar-refractivity contribution in [3.8, 4) is 0 Å². The van der Waals surface area contributed by atoms with Crippen LogP contribution < -0.4 is 0 Å². The van der Waals surface area contributed by atoms with Crippen molar-refractivity contribution in [3.05, 3.63) is 0 Å². The standard InChI is InChI=1S/C11H22O4.Na.H/c1-3-5-6-9(4-2)11(14)15-10(7-12)8-13;;/h9-10,12-13H,3-8H2,1-2H3;;.